The molecule has 2 aromatic heterocycles. The summed E-state index contributed by atoms with van der Waals surface area (Å²) in [4.78, 5) is 30.3. The second-order valence-electron chi connectivity index (χ2n) is 11.5. The highest BCUT2D eigenvalue weighted by molar-refractivity contribution is 6.30. The van der Waals surface area contributed by atoms with Gasteiger partial charge in [-0.2, -0.15) is 0 Å². The van der Waals surface area contributed by atoms with Crippen LogP contribution in [0.25, 0.3) is 43.6 Å². The highest BCUT2D eigenvalue weighted by atomic mass is 16.6. The van der Waals surface area contributed by atoms with Gasteiger partial charge in [-0.25, -0.2) is 4.79 Å². The Kier molecular flexibility index (Phi) is 4.83. The maximum absolute atomic E-state index is 13.3. The van der Waals surface area contributed by atoms with Crippen LogP contribution in [0, 0.1) is 5.92 Å². The van der Waals surface area contributed by atoms with Crippen LogP contribution >= 0.6 is 0 Å². The zero-order chi connectivity index (χ0) is 26.4. The van der Waals surface area contributed by atoms with E-state index in [2.05, 4.69) is 75.9 Å². The van der Waals surface area contributed by atoms with Crippen molar-refractivity contribution in [2.75, 3.05) is 33.8 Å². The molecule has 2 amide bonds. The van der Waals surface area contributed by atoms with Gasteiger partial charge in [-0.05, 0) is 38.2 Å². The highest BCUT2D eigenvalue weighted by Gasteiger charge is 2.35. The molecule has 1 unspecified atom stereocenters. The molecule has 0 aliphatic carbocycles. The summed E-state index contributed by atoms with van der Waals surface area (Å²) in [5, 5.41) is 7.58. The minimum absolute atomic E-state index is 0.00278. The fraction of sp³-hybridized carbons (Fsp3) is 0.355. The molecule has 8 nitrogen and oxygen atoms in total. The topological polar surface area (TPSA) is 71.7 Å². The van der Waals surface area contributed by atoms with Crippen LogP contribution in [0.1, 0.15) is 22.3 Å². The first-order chi connectivity index (χ1) is 19.0. The quantitative estimate of drug-likeness (QED) is 0.378. The average molecular weight is 522 g/mol. The number of hydrogen-bond donors (Lipinski definition) is 1. The summed E-state index contributed by atoms with van der Waals surface area (Å²) < 4.78 is 10.8. The van der Waals surface area contributed by atoms with Gasteiger partial charge in [0.05, 0.1) is 23.2 Å². The SMILES string of the molecule is CN(C)[C@H]1CCN(C(=O)OCC2Cn3c4ccccc4c4c5c(c6c7ccccc7n(c6c43)C2)C(=O)NC5)C1. The summed E-state index contributed by atoms with van der Waals surface area (Å²) >= 11 is 0. The van der Waals surface area contributed by atoms with Gasteiger partial charge >= 0.3 is 6.09 Å². The molecule has 39 heavy (non-hydrogen) atoms. The fourth-order valence-electron chi connectivity index (χ4n) is 7.29. The first-order valence-corrected chi connectivity index (χ1v) is 13.8. The van der Waals surface area contributed by atoms with E-state index in [0.29, 0.717) is 32.3 Å². The normalized spacial score (nSPS) is 20.6. The molecule has 198 valence electrons. The lowest BCUT2D eigenvalue weighted by Gasteiger charge is -2.22. The van der Waals surface area contributed by atoms with E-state index in [1.54, 1.807) is 0 Å². The molecule has 5 heterocycles. The molecule has 0 radical (unpaired) electrons. The van der Waals surface area contributed by atoms with E-state index < -0.39 is 0 Å². The number of carbonyl (C=O) groups excluding carboxylic acids is 2. The molecule has 0 saturated carbocycles. The van der Waals surface area contributed by atoms with Crippen molar-refractivity contribution in [1.82, 2.24) is 24.3 Å². The highest BCUT2D eigenvalue weighted by Crippen LogP contribution is 2.46. The van der Waals surface area contributed by atoms with Gasteiger partial charge in [0.1, 0.15) is 0 Å². The number of fused-ring (bicyclic) bond motifs is 9. The van der Waals surface area contributed by atoms with Crippen molar-refractivity contribution in [1.29, 1.82) is 0 Å². The molecule has 1 saturated heterocycles. The molecule has 3 aromatic carbocycles. The van der Waals surface area contributed by atoms with Crippen LogP contribution in [0.3, 0.4) is 0 Å². The Hall–Kier alpha value is -4.04. The maximum atomic E-state index is 13.3. The third-order valence-corrected chi connectivity index (χ3v) is 9.15. The van der Waals surface area contributed by atoms with Gasteiger partial charge in [0, 0.05) is 77.3 Å². The molecule has 0 bridgehead atoms. The Morgan fingerprint density at radius 3 is 2.26 bits per heavy atom. The van der Waals surface area contributed by atoms with Crippen molar-refractivity contribution in [3.05, 3.63) is 59.7 Å². The Morgan fingerprint density at radius 1 is 0.949 bits per heavy atom. The smallest absolute Gasteiger partial charge is 0.409 e. The van der Waals surface area contributed by atoms with Crippen molar-refractivity contribution in [2.45, 2.75) is 32.1 Å². The van der Waals surface area contributed by atoms with Crippen LogP contribution in [-0.2, 0) is 24.4 Å². The van der Waals surface area contributed by atoms with Gasteiger partial charge in [-0.1, -0.05) is 36.4 Å². The Morgan fingerprint density at radius 2 is 1.59 bits per heavy atom. The number of nitrogens with zero attached hydrogens (tertiary/aromatic N) is 4. The van der Waals surface area contributed by atoms with Crippen LogP contribution in [0.2, 0.25) is 0 Å². The minimum atomic E-state index is -0.221. The van der Waals surface area contributed by atoms with Gasteiger partial charge in [-0.15, -0.1) is 0 Å². The van der Waals surface area contributed by atoms with Crippen LogP contribution in [-0.4, -0.2) is 70.8 Å². The summed E-state index contributed by atoms with van der Waals surface area (Å²) in [5.41, 5.74) is 6.47. The van der Waals surface area contributed by atoms with E-state index in [-0.39, 0.29) is 17.9 Å². The number of likely N-dealkylation sites (N-methyl/N-ethyl adjacent to an activating group) is 1. The number of para-hydroxylation sites is 2. The number of likely N-dealkylation sites (tertiary alicyclic amines) is 1. The second-order valence-corrected chi connectivity index (χ2v) is 11.5. The third kappa shape index (κ3) is 3.15. The lowest BCUT2D eigenvalue weighted by molar-refractivity contribution is 0.0870. The van der Waals surface area contributed by atoms with Gasteiger partial charge < -0.3 is 29.0 Å². The molecule has 1 N–H and O–H groups in total. The predicted molar refractivity (Wildman–Crippen MR) is 152 cm³/mol. The predicted octanol–water partition coefficient (Wildman–Crippen LogP) is 4.55. The number of nitrogens with one attached hydrogen (secondary N) is 1. The van der Waals surface area contributed by atoms with Gasteiger partial charge in [-0.3, -0.25) is 4.79 Å². The summed E-state index contributed by atoms with van der Waals surface area (Å²) in [5.74, 6) is 0.0817. The number of carbonyl (C=O) groups is 2. The summed E-state index contributed by atoms with van der Waals surface area (Å²) in [6.07, 6.45) is 0.751. The Balaban J connectivity index is 1.29. The Bertz CT molecular complexity index is 1850. The third-order valence-electron chi connectivity index (χ3n) is 9.15. The van der Waals surface area contributed by atoms with Crippen LogP contribution in [0.5, 0.6) is 0 Å². The van der Waals surface area contributed by atoms with Crippen molar-refractivity contribution >= 4 is 55.6 Å². The molecule has 3 aliphatic heterocycles. The number of hydrogen-bond acceptors (Lipinski definition) is 4. The van der Waals surface area contributed by atoms with Crippen LogP contribution < -0.4 is 5.32 Å². The Labute approximate surface area is 225 Å². The summed E-state index contributed by atoms with van der Waals surface area (Å²) in [6, 6.07) is 17.3. The van der Waals surface area contributed by atoms with Gasteiger partial charge in [0.15, 0.2) is 0 Å². The number of ether oxygens (including phenoxy) is 1. The van der Waals surface area contributed by atoms with Crippen molar-refractivity contribution < 1.29 is 14.3 Å². The number of rotatable bonds is 3. The summed E-state index contributed by atoms with van der Waals surface area (Å²) in [7, 11) is 4.12. The summed E-state index contributed by atoms with van der Waals surface area (Å²) in [6.45, 7) is 3.78. The molecule has 5 aromatic rings. The van der Waals surface area contributed by atoms with Crippen molar-refractivity contribution in [3.63, 3.8) is 0 Å². The number of aromatic nitrogens is 2. The van der Waals surface area contributed by atoms with Crippen LogP contribution in [0.15, 0.2) is 48.5 Å². The van der Waals surface area contributed by atoms with E-state index in [1.165, 1.54) is 16.3 Å². The first-order valence-electron chi connectivity index (χ1n) is 13.8. The number of amides is 2. The standard InChI is InChI=1S/C31H31N5O3/c1-33(2)19-11-12-34(16-19)31(38)39-17-18-14-35-23-9-5-3-7-20(23)25-22-13-32-30(37)27(22)26-21-8-4-6-10-24(21)36(15-18)29(26)28(25)35/h3-10,18-19H,11-17H2,1-2H3,(H,32,37)/t18?,19-/m0/s1. The minimum Gasteiger partial charge on any atom is -0.449 e. The maximum Gasteiger partial charge on any atom is 0.409 e. The fourth-order valence-corrected chi connectivity index (χ4v) is 7.29. The lowest BCUT2D eigenvalue weighted by atomic mass is 9.97. The molecular formula is C31H31N5O3. The van der Waals surface area contributed by atoms with Gasteiger partial charge in [0.25, 0.3) is 5.91 Å². The van der Waals surface area contributed by atoms with Crippen molar-refractivity contribution in [2.24, 2.45) is 5.92 Å². The zero-order valence-corrected chi connectivity index (χ0v) is 22.2. The molecule has 8 rings (SSSR count). The largest absolute Gasteiger partial charge is 0.449 e. The lowest BCUT2D eigenvalue weighted by Crippen LogP contribution is -2.35. The molecular weight excluding hydrogens is 490 g/mol. The van der Waals surface area contributed by atoms with Crippen LogP contribution in [0.4, 0.5) is 4.79 Å². The van der Waals surface area contributed by atoms with E-state index in [1.807, 2.05) is 11.0 Å². The van der Waals surface area contributed by atoms with Crippen molar-refractivity contribution in [3.8, 4) is 0 Å². The first kappa shape index (κ1) is 22.9. The molecule has 2 atom stereocenters. The van der Waals surface area contributed by atoms with E-state index in [0.717, 1.165) is 58.0 Å². The zero-order valence-electron chi connectivity index (χ0n) is 22.2. The number of benzene rings is 3. The monoisotopic (exact) mass is 521 g/mol. The van der Waals surface area contributed by atoms with E-state index in [9.17, 15) is 9.59 Å². The van der Waals surface area contributed by atoms with Gasteiger partial charge in [0.2, 0.25) is 0 Å². The second kappa shape index (κ2) is 8.23. The molecule has 3 aliphatic rings. The van der Waals surface area contributed by atoms with E-state index in [4.69, 9.17) is 4.74 Å². The molecule has 1 fully saturated rings. The molecule has 0 spiro atoms. The molecule has 8 heteroatoms. The average Bonchev–Trinajstić information content (AvgIpc) is 3.69. The van der Waals surface area contributed by atoms with E-state index >= 15 is 0 Å².